The van der Waals surface area contributed by atoms with Crippen molar-refractivity contribution < 1.29 is 19.1 Å². The first-order valence-electron chi connectivity index (χ1n) is 13.1. The third-order valence-electron chi connectivity index (χ3n) is 7.23. The summed E-state index contributed by atoms with van der Waals surface area (Å²) in [6, 6.07) is 14.1. The third kappa shape index (κ3) is 5.95. The average molecular weight is 536 g/mol. The zero-order chi connectivity index (χ0) is 27.4. The molecular formula is C28H33N5O6. The zero-order valence-corrected chi connectivity index (χ0v) is 22.2. The molecule has 1 unspecified atom stereocenters. The number of aromatic nitrogens is 2. The van der Waals surface area contributed by atoms with Crippen LogP contribution >= 0.6 is 0 Å². The normalized spacial score (nSPS) is 17.1. The van der Waals surface area contributed by atoms with Crippen LogP contribution in [-0.2, 0) is 9.47 Å². The number of anilines is 1. The van der Waals surface area contributed by atoms with E-state index in [2.05, 4.69) is 14.9 Å². The van der Waals surface area contributed by atoms with Crippen LogP contribution in [0.25, 0.3) is 16.9 Å². The smallest absolute Gasteiger partial charge is 0.295 e. The molecule has 5 rings (SSSR count). The zero-order valence-electron chi connectivity index (χ0n) is 22.2. The van der Waals surface area contributed by atoms with Crippen molar-refractivity contribution in [2.24, 2.45) is 0 Å². The minimum atomic E-state index is -0.471. The molecule has 2 aliphatic rings. The van der Waals surface area contributed by atoms with Gasteiger partial charge in [-0.2, -0.15) is 9.78 Å². The van der Waals surface area contributed by atoms with Gasteiger partial charge in [-0.3, -0.25) is 19.8 Å². The molecule has 0 aliphatic carbocycles. The number of benzene rings is 2. The number of ether oxygens (including phenoxy) is 3. The van der Waals surface area contributed by atoms with Gasteiger partial charge in [-0.1, -0.05) is 19.1 Å². The molecule has 2 saturated heterocycles. The number of nitro benzene ring substituents is 1. The largest absolute Gasteiger partial charge is 0.497 e. The van der Waals surface area contributed by atoms with Crippen molar-refractivity contribution >= 4 is 11.4 Å². The molecule has 11 heteroatoms. The summed E-state index contributed by atoms with van der Waals surface area (Å²) < 4.78 is 17.5. The maximum absolute atomic E-state index is 14.0. The van der Waals surface area contributed by atoms with Gasteiger partial charge in [0, 0.05) is 55.6 Å². The fraction of sp³-hybridized carbons (Fsp3) is 0.429. The van der Waals surface area contributed by atoms with Gasteiger partial charge < -0.3 is 19.1 Å². The summed E-state index contributed by atoms with van der Waals surface area (Å²) in [5.41, 5.74) is 2.18. The standard InChI is InChI=1S/C28H33N5O6/c1-20(19-30-8-12-38-13-9-30)24-18-25(21-4-3-5-23(16-21)37-2)29-32(28(24)34)27-17-22(6-7-26(27)33(35)36)31-10-14-39-15-11-31/h3-7,16-18,20H,8-15,19H2,1-2H3. The van der Waals surface area contributed by atoms with Crippen molar-refractivity contribution in [1.82, 2.24) is 14.7 Å². The van der Waals surface area contributed by atoms with E-state index in [1.54, 1.807) is 25.3 Å². The topological polar surface area (TPSA) is 112 Å². The van der Waals surface area contributed by atoms with Gasteiger partial charge in [-0.05, 0) is 36.2 Å². The molecule has 2 aliphatic heterocycles. The Kier molecular flexibility index (Phi) is 8.20. The van der Waals surface area contributed by atoms with Crippen LogP contribution in [0.4, 0.5) is 11.4 Å². The van der Waals surface area contributed by atoms with Gasteiger partial charge in [0.05, 0.1) is 44.2 Å². The maximum atomic E-state index is 14.0. The Morgan fingerprint density at radius 2 is 1.74 bits per heavy atom. The van der Waals surface area contributed by atoms with E-state index in [1.807, 2.05) is 31.2 Å². The first kappa shape index (κ1) is 26.8. The number of morpholine rings is 2. The monoisotopic (exact) mass is 535 g/mol. The lowest BCUT2D eigenvalue weighted by atomic mass is 9.99. The second-order valence-electron chi connectivity index (χ2n) is 9.78. The molecule has 0 saturated carbocycles. The van der Waals surface area contributed by atoms with Crippen LogP contribution in [0.3, 0.4) is 0 Å². The Bertz CT molecular complexity index is 1380. The highest BCUT2D eigenvalue weighted by molar-refractivity contribution is 5.65. The highest BCUT2D eigenvalue weighted by Gasteiger charge is 2.25. The first-order chi connectivity index (χ1) is 18.9. The SMILES string of the molecule is COc1cccc(-c2cc(C(C)CN3CCOCC3)c(=O)n(-c3cc(N4CCOCC4)ccc3[N+](=O)[O-])n2)c1. The lowest BCUT2D eigenvalue weighted by molar-refractivity contribution is -0.384. The lowest BCUT2D eigenvalue weighted by Crippen LogP contribution is -2.39. The van der Waals surface area contributed by atoms with E-state index >= 15 is 0 Å². The highest BCUT2D eigenvalue weighted by Crippen LogP contribution is 2.30. The molecular weight excluding hydrogens is 502 g/mol. The van der Waals surface area contributed by atoms with Crippen LogP contribution in [-0.4, -0.2) is 85.9 Å². The van der Waals surface area contributed by atoms with E-state index in [-0.39, 0.29) is 22.9 Å². The van der Waals surface area contributed by atoms with Crippen molar-refractivity contribution in [3.05, 3.63) is 74.6 Å². The second kappa shape index (κ2) is 11.9. The predicted octanol–water partition coefficient (Wildman–Crippen LogP) is 3.09. The molecule has 0 radical (unpaired) electrons. The van der Waals surface area contributed by atoms with E-state index in [4.69, 9.17) is 14.2 Å². The summed E-state index contributed by atoms with van der Waals surface area (Å²) in [6.45, 7) is 8.01. The second-order valence-corrected chi connectivity index (χ2v) is 9.78. The van der Waals surface area contributed by atoms with E-state index < -0.39 is 4.92 Å². The van der Waals surface area contributed by atoms with Crippen molar-refractivity contribution in [2.75, 3.05) is 71.2 Å². The van der Waals surface area contributed by atoms with E-state index in [0.717, 1.165) is 24.3 Å². The van der Waals surface area contributed by atoms with Gasteiger partial charge in [0.25, 0.3) is 11.2 Å². The predicted molar refractivity (Wildman–Crippen MR) is 147 cm³/mol. The van der Waals surface area contributed by atoms with Crippen LogP contribution < -0.4 is 15.2 Å². The Morgan fingerprint density at radius 1 is 1.03 bits per heavy atom. The molecule has 11 nitrogen and oxygen atoms in total. The van der Waals surface area contributed by atoms with Crippen molar-refractivity contribution in [3.8, 4) is 22.7 Å². The molecule has 39 heavy (non-hydrogen) atoms. The summed E-state index contributed by atoms with van der Waals surface area (Å²) >= 11 is 0. The molecule has 2 aromatic carbocycles. The molecule has 3 aromatic rings. The van der Waals surface area contributed by atoms with Gasteiger partial charge in [0.1, 0.15) is 11.4 Å². The van der Waals surface area contributed by atoms with E-state index in [1.165, 1.54) is 10.7 Å². The number of hydrogen-bond acceptors (Lipinski definition) is 9. The first-order valence-corrected chi connectivity index (χ1v) is 13.1. The van der Waals surface area contributed by atoms with Crippen LogP contribution in [0.2, 0.25) is 0 Å². The molecule has 1 aromatic heterocycles. The third-order valence-corrected chi connectivity index (χ3v) is 7.23. The van der Waals surface area contributed by atoms with Gasteiger partial charge in [-0.25, -0.2) is 0 Å². The quantitative estimate of drug-likeness (QED) is 0.317. The number of nitro groups is 1. The Balaban J connectivity index is 1.66. The van der Waals surface area contributed by atoms with Crippen LogP contribution in [0.1, 0.15) is 18.4 Å². The summed E-state index contributed by atoms with van der Waals surface area (Å²) in [5, 5.41) is 16.8. The summed E-state index contributed by atoms with van der Waals surface area (Å²) in [7, 11) is 1.59. The Hall–Kier alpha value is -3.80. The summed E-state index contributed by atoms with van der Waals surface area (Å²) in [4.78, 5) is 30.0. The summed E-state index contributed by atoms with van der Waals surface area (Å²) in [6.07, 6.45) is 0. The van der Waals surface area contributed by atoms with Gasteiger partial charge in [0.15, 0.2) is 0 Å². The molecule has 0 spiro atoms. The molecule has 206 valence electrons. The molecule has 2 fully saturated rings. The van der Waals surface area contributed by atoms with Gasteiger partial charge in [0.2, 0.25) is 0 Å². The molecule has 0 amide bonds. The van der Waals surface area contributed by atoms with Crippen molar-refractivity contribution in [3.63, 3.8) is 0 Å². The van der Waals surface area contributed by atoms with Gasteiger partial charge in [-0.15, -0.1) is 0 Å². The number of rotatable bonds is 8. The average Bonchev–Trinajstić information content (AvgIpc) is 2.98. The molecule has 0 N–H and O–H groups in total. The molecule has 0 bridgehead atoms. The van der Waals surface area contributed by atoms with Crippen LogP contribution in [0.5, 0.6) is 5.75 Å². The van der Waals surface area contributed by atoms with Crippen LogP contribution in [0, 0.1) is 10.1 Å². The number of methoxy groups -OCH3 is 1. The van der Waals surface area contributed by atoms with Gasteiger partial charge >= 0.3 is 0 Å². The fourth-order valence-corrected chi connectivity index (χ4v) is 5.08. The minimum Gasteiger partial charge on any atom is -0.497 e. The maximum Gasteiger partial charge on any atom is 0.295 e. The Morgan fingerprint density at radius 3 is 2.44 bits per heavy atom. The summed E-state index contributed by atoms with van der Waals surface area (Å²) in [5.74, 6) is 0.506. The molecule has 1 atom stereocenters. The van der Waals surface area contributed by atoms with Crippen molar-refractivity contribution in [2.45, 2.75) is 12.8 Å². The minimum absolute atomic E-state index is 0.138. The number of hydrogen-bond donors (Lipinski definition) is 0. The lowest BCUT2D eigenvalue weighted by Gasteiger charge is -2.29. The van der Waals surface area contributed by atoms with E-state index in [0.29, 0.717) is 63.1 Å². The fourth-order valence-electron chi connectivity index (χ4n) is 5.08. The molecule has 3 heterocycles. The Labute approximate surface area is 226 Å². The highest BCUT2D eigenvalue weighted by atomic mass is 16.6. The van der Waals surface area contributed by atoms with Crippen LogP contribution in [0.15, 0.2) is 53.3 Å². The number of nitrogens with zero attached hydrogens (tertiary/aromatic N) is 5. The van der Waals surface area contributed by atoms with Crippen molar-refractivity contribution in [1.29, 1.82) is 0 Å². The van der Waals surface area contributed by atoms with E-state index in [9.17, 15) is 14.9 Å².